The van der Waals surface area contributed by atoms with Gasteiger partial charge in [0.25, 0.3) is 0 Å². The van der Waals surface area contributed by atoms with Gasteiger partial charge in [0.1, 0.15) is 11.3 Å². The monoisotopic (exact) mass is 213 g/mol. The molecular weight excluding hydrogens is 202 g/mol. The number of amides is 1. The zero-order valence-corrected chi connectivity index (χ0v) is 8.40. The van der Waals surface area contributed by atoms with Gasteiger partial charge in [-0.25, -0.2) is 9.59 Å². The lowest BCUT2D eigenvalue weighted by Gasteiger charge is -2.02. The molecule has 0 radical (unpaired) electrons. The fraction of sp³-hybridized carbons (Fsp3) is 0.333. The molecule has 0 saturated heterocycles. The number of hydrogen-bond donors (Lipinski definition) is 1. The number of rotatable bonds is 3. The van der Waals surface area contributed by atoms with Gasteiger partial charge in [-0.05, 0) is 6.07 Å². The van der Waals surface area contributed by atoms with E-state index < -0.39 is 12.1 Å². The molecule has 0 bridgehead atoms. The fourth-order valence-electron chi connectivity index (χ4n) is 0.994. The van der Waals surface area contributed by atoms with E-state index in [9.17, 15) is 9.59 Å². The van der Waals surface area contributed by atoms with E-state index in [4.69, 9.17) is 4.42 Å². The summed E-state index contributed by atoms with van der Waals surface area (Å²) in [6, 6.07) is 1.47. The molecule has 15 heavy (non-hydrogen) atoms. The van der Waals surface area contributed by atoms with Crippen LogP contribution in [0.2, 0.25) is 0 Å². The van der Waals surface area contributed by atoms with Crippen molar-refractivity contribution in [2.75, 3.05) is 14.2 Å². The van der Waals surface area contributed by atoms with Crippen molar-refractivity contribution in [3.05, 3.63) is 23.7 Å². The van der Waals surface area contributed by atoms with Crippen molar-refractivity contribution in [1.29, 1.82) is 0 Å². The van der Waals surface area contributed by atoms with Crippen LogP contribution < -0.4 is 5.32 Å². The van der Waals surface area contributed by atoms with Gasteiger partial charge in [-0.2, -0.15) is 0 Å². The Balaban J connectivity index is 2.65. The molecule has 1 aromatic heterocycles. The largest absolute Gasteiger partial charge is 0.467 e. The molecule has 0 aliphatic carbocycles. The smallest absolute Gasteiger partial charge is 0.407 e. The van der Waals surface area contributed by atoms with Gasteiger partial charge >= 0.3 is 12.1 Å². The number of alkyl carbamates (subject to hydrolysis) is 1. The molecule has 0 saturated carbocycles. The standard InChI is InChI=1S/C9H11NO5/c1-13-8(11)6-3-4-15-7(6)5-10-9(12)14-2/h3-4H,5H2,1-2H3,(H,10,12). The van der Waals surface area contributed by atoms with Gasteiger partial charge in [-0.3, -0.25) is 0 Å². The Morgan fingerprint density at radius 3 is 2.73 bits per heavy atom. The molecule has 1 N–H and O–H groups in total. The highest BCUT2D eigenvalue weighted by Gasteiger charge is 2.15. The molecule has 0 aliphatic heterocycles. The Bertz CT molecular complexity index is 357. The molecule has 0 unspecified atom stereocenters. The molecule has 0 aromatic carbocycles. The van der Waals surface area contributed by atoms with E-state index in [0.29, 0.717) is 5.76 Å². The number of carbonyl (C=O) groups is 2. The van der Waals surface area contributed by atoms with Crippen LogP contribution >= 0.6 is 0 Å². The normalized spacial score (nSPS) is 9.47. The third kappa shape index (κ3) is 2.73. The summed E-state index contributed by atoms with van der Waals surface area (Å²) in [4.78, 5) is 21.9. The van der Waals surface area contributed by atoms with Crippen LogP contribution in [0.3, 0.4) is 0 Å². The number of nitrogens with one attached hydrogen (secondary N) is 1. The first-order valence-electron chi connectivity index (χ1n) is 4.15. The maximum atomic E-state index is 11.2. The summed E-state index contributed by atoms with van der Waals surface area (Å²) in [6.45, 7) is 0.0735. The number of methoxy groups -OCH3 is 2. The fourth-order valence-corrected chi connectivity index (χ4v) is 0.994. The highest BCUT2D eigenvalue weighted by atomic mass is 16.5. The Kier molecular flexibility index (Phi) is 3.73. The molecule has 1 aromatic rings. The zero-order chi connectivity index (χ0) is 11.3. The Labute approximate surface area is 86.2 Å². The molecule has 82 valence electrons. The number of hydrogen-bond acceptors (Lipinski definition) is 5. The van der Waals surface area contributed by atoms with E-state index >= 15 is 0 Å². The number of carbonyl (C=O) groups excluding carboxylic acids is 2. The average Bonchev–Trinajstić information content (AvgIpc) is 2.72. The average molecular weight is 213 g/mol. The van der Waals surface area contributed by atoms with Gasteiger partial charge in [0.2, 0.25) is 0 Å². The zero-order valence-electron chi connectivity index (χ0n) is 8.40. The summed E-state index contributed by atoms with van der Waals surface area (Å²) in [7, 11) is 2.52. The minimum absolute atomic E-state index is 0.0735. The third-order valence-electron chi connectivity index (χ3n) is 1.73. The maximum Gasteiger partial charge on any atom is 0.407 e. The van der Waals surface area contributed by atoms with E-state index in [1.807, 2.05) is 0 Å². The van der Waals surface area contributed by atoms with Crippen LogP contribution in [0.5, 0.6) is 0 Å². The van der Waals surface area contributed by atoms with Gasteiger partial charge < -0.3 is 19.2 Å². The molecule has 1 heterocycles. The van der Waals surface area contributed by atoms with Gasteiger partial charge in [0.15, 0.2) is 0 Å². The topological polar surface area (TPSA) is 77.8 Å². The summed E-state index contributed by atoms with van der Waals surface area (Å²) in [5.41, 5.74) is 0.286. The number of esters is 1. The lowest BCUT2D eigenvalue weighted by molar-refractivity contribution is 0.0597. The van der Waals surface area contributed by atoms with Crippen LogP contribution in [0, 0.1) is 0 Å². The first-order valence-corrected chi connectivity index (χ1v) is 4.15. The molecule has 1 amide bonds. The van der Waals surface area contributed by atoms with Crippen molar-refractivity contribution in [3.8, 4) is 0 Å². The molecule has 6 heteroatoms. The van der Waals surface area contributed by atoms with E-state index in [-0.39, 0.29) is 12.1 Å². The van der Waals surface area contributed by atoms with E-state index in [0.717, 1.165) is 0 Å². The second kappa shape index (κ2) is 5.04. The second-order valence-electron chi connectivity index (χ2n) is 2.59. The Morgan fingerprint density at radius 1 is 1.40 bits per heavy atom. The van der Waals surface area contributed by atoms with Crippen molar-refractivity contribution < 1.29 is 23.5 Å². The van der Waals surface area contributed by atoms with Crippen LogP contribution in [0.15, 0.2) is 16.7 Å². The predicted molar refractivity (Wildman–Crippen MR) is 49.3 cm³/mol. The summed E-state index contributed by atoms with van der Waals surface area (Å²) >= 11 is 0. The SMILES string of the molecule is COC(=O)NCc1occc1C(=O)OC. The Hall–Kier alpha value is -1.98. The van der Waals surface area contributed by atoms with Crippen molar-refractivity contribution in [1.82, 2.24) is 5.32 Å². The number of furan rings is 1. The van der Waals surface area contributed by atoms with Crippen molar-refractivity contribution in [2.45, 2.75) is 6.54 Å². The summed E-state index contributed by atoms with van der Waals surface area (Å²) < 4.78 is 13.9. The summed E-state index contributed by atoms with van der Waals surface area (Å²) in [5, 5.41) is 2.39. The van der Waals surface area contributed by atoms with Crippen LogP contribution in [-0.4, -0.2) is 26.3 Å². The third-order valence-corrected chi connectivity index (χ3v) is 1.73. The highest BCUT2D eigenvalue weighted by molar-refractivity contribution is 5.90. The van der Waals surface area contributed by atoms with Crippen molar-refractivity contribution >= 4 is 12.1 Å². The van der Waals surface area contributed by atoms with Gasteiger partial charge in [0, 0.05) is 0 Å². The first kappa shape index (κ1) is 11.1. The minimum atomic E-state index is -0.595. The number of ether oxygens (including phenoxy) is 2. The molecular formula is C9H11NO5. The van der Waals surface area contributed by atoms with Gasteiger partial charge in [0.05, 0.1) is 27.0 Å². The molecule has 0 aliphatic rings. The van der Waals surface area contributed by atoms with E-state index in [2.05, 4.69) is 14.8 Å². The van der Waals surface area contributed by atoms with E-state index in [1.165, 1.54) is 26.5 Å². The lowest BCUT2D eigenvalue weighted by atomic mass is 10.2. The highest BCUT2D eigenvalue weighted by Crippen LogP contribution is 2.11. The molecule has 0 spiro atoms. The Morgan fingerprint density at radius 2 is 2.13 bits per heavy atom. The van der Waals surface area contributed by atoms with Crippen molar-refractivity contribution in [2.24, 2.45) is 0 Å². The van der Waals surface area contributed by atoms with Crippen molar-refractivity contribution in [3.63, 3.8) is 0 Å². The van der Waals surface area contributed by atoms with E-state index in [1.54, 1.807) is 0 Å². The predicted octanol–water partition coefficient (Wildman–Crippen LogP) is 0.922. The lowest BCUT2D eigenvalue weighted by Crippen LogP contribution is -2.23. The summed E-state index contributed by atoms with van der Waals surface area (Å²) in [6.07, 6.45) is 0.753. The van der Waals surface area contributed by atoms with Crippen LogP contribution in [0.25, 0.3) is 0 Å². The minimum Gasteiger partial charge on any atom is -0.467 e. The molecule has 0 fully saturated rings. The molecule has 0 atom stereocenters. The summed E-state index contributed by atoms with van der Waals surface area (Å²) in [5.74, 6) is -0.183. The van der Waals surface area contributed by atoms with Crippen LogP contribution in [-0.2, 0) is 16.0 Å². The first-order chi connectivity index (χ1) is 7.19. The quantitative estimate of drug-likeness (QED) is 0.755. The molecule has 1 rings (SSSR count). The van der Waals surface area contributed by atoms with Gasteiger partial charge in [-0.15, -0.1) is 0 Å². The van der Waals surface area contributed by atoms with Gasteiger partial charge in [-0.1, -0.05) is 0 Å². The maximum absolute atomic E-state index is 11.2. The molecule has 6 nitrogen and oxygen atoms in total. The van der Waals surface area contributed by atoms with Crippen LogP contribution in [0.4, 0.5) is 4.79 Å². The second-order valence-corrected chi connectivity index (χ2v) is 2.59. The van der Waals surface area contributed by atoms with Crippen LogP contribution in [0.1, 0.15) is 16.1 Å².